The number of likely N-dealkylation sites (tertiary alicyclic amines) is 1. The van der Waals surface area contributed by atoms with E-state index in [1.165, 1.54) is 37.9 Å². The van der Waals surface area contributed by atoms with Gasteiger partial charge in [-0.05, 0) is 44.1 Å². The first-order valence-corrected chi connectivity index (χ1v) is 9.73. The maximum Gasteiger partial charge on any atom is 0.416 e. The second-order valence-corrected chi connectivity index (χ2v) is 7.29. The molecule has 1 N–H and O–H groups in total. The van der Waals surface area contributed by atoms with Crippen LogP contribution in [-0.2, 0) is 24.1 Å². The second kappa shape index (κ2) is 9.34. The number of pyridine rings is 1. The number of methoxy groups -OCH3 is 1. The molecule has 9 heteroatoms. The number of hydrogen-bond donors (Lipinski definition) is 1. The molecule has 6 nitrogen and oxygen atoms in total. The molecule has 2 aromatic rings. The van der Waals surface area contributed by atoms with Crippen molar-refractivity contribution in [1.82, 2.24) is 9.47 Å². The summed E-state index contributed by atoms with van der Waals surface area (Å²) in [6, 6.07) is 5.92. The maximum atomic E-state index is 12.9. The third-order valence-electron chi connectivity index (χ3n) is 5.02. The fraction of sp³-hybridized carbons (Fsp3) is 0.429. The van der Waals surface area contributed by atoms with E-state index in [0.717, 1.165) is 38.1 Å². The molecule has 0 aliphatic carbocycles. The van der Waals surface area contributed by atoms with Crippen molar-refractivity contribution in [3.05, 3.63) is 58.0 Å². The van der Waals surface area contributed by atoms with Crippen molar-refractivity contribution in [2.45, 2.75) is 38.5 Å². The number of anilines is 1. The molecule has 1 aliphatic rings. The molecule has 2 heterocycles. The Kier molecular flexibility index (Phi) is 6.81. The Morgan fingerprint density at radius 3 is 2.57 bits per heavy atom. The zero-order valence-corrected chi connectivity index (χ0v) is 16.7. The molecule has 0 saturated carbocycles. The lowest BCUT2D eigenvalue weighted by Crippen LogP contribution is -2.32. The van der Waals surface area contributed by atoms with Crippen LogP contribution in [0.25, 0.3) is 0 Å². The van der Waals surface area contributed by atoms with E-state index in [1.54, 1.807) is 4.57 Å². The minimum absolute atomic E-state index is 0.0559. The molecule has 1 aliphatic heterocycles. The van der Waals surface area contributed by atoms with Crippen LogP contribution in [0.15, 0.2) is 41.3 Å². The van der Waals surface area contributed by atoms with Gasteiger partial charge < -0.3 is 14.6 Å². The summed E-state index contributed by atoms with van der Waals surface area (Å²) in [4.78, 5) is 26.9. The van der Waals surface area contributed by atoms with E-state index in [2.05, 4.69) is 10.2 Å². The summed E-state index contributed by atoms with van der Waals surface area (Å²) in [5.41, 5.74) is -0.405. The van der Waals surface area contributed by atoms with Gasteiger partial charge in [-0.25, -0.2) is 0 Å². The summed E-state index contributed by atoms with van der Waals surface area (Å²) in [7, 11) is 1.37. The third kappa shape index (κ3) is 5.63. The van der Waals surface area contributed by atoms with Crippen molar-refractivity contribution in [3.8, 4) is 5.75 Å². The normalized spacial score (nSPS) is 15.1. The van der Waals surface area contributed by atoms with Gasteiger partial charge in [0, 0.05) is 24.0 Å². The Hall–Kier alpha value is -2.81. The Morgan fingerprint density at radius 1 is 1.17 bits per heavy atom. The standard InChI is InChI=1S/C21H24F3N3O3/c1-30-19-13-27(17(11-18(19)28)12-26-8-3-2-4-9-26)14-20(29)25-16-7-5-6-15(10-16)21(22,23)24/h5-7,10-11,13H,2-4,8-9,12,14H2,1H3,(H,25,29). The smallest absolute Gasteiger partial charge is 0.416 e. The van der Waals surface area contributed by atoms with E-state index in [1.807, 2.05) is 0 Å². The van der Waals surface area contributed by atoms with Gasteiger partial charge in [0.15, 0.2) is 5.75 Å². The monoisotopic (exact) mass is 423 g/mol. The van der Waals surface area contributed by atoms with Gasteiger partial charge in [-0.2, -0.15) is 13.2 Å². The highest BCUT2D eigenvalue weighted by atomic mass is 19.4. The van der Waals surface area contributed by atoms with E-state index < -0.39 is 17.6 Å². The first kappa shape index (κ1) is 21.9. The number of nitrogens with zero attached hydrogens (tertiary/aromatic N) is 2. The zero-order chi connectivity index (χ0) is 21.7. The van der Waals surface area contributed by atoms with Gasteiger partial charge in [-0.1, -0.05) is 12.5 Å². The molecule has 3 rings (SSSR count). The van der Waals surface area contributed by atoms with Crippen LogP contribution in [0.1, 0.15) is 30.5 Å². The molecule has 0 bridgehead atoms. The van der Waals surface area contributed by atoms with Crippen LogP contribution in [0.5, 0.6) is 5.75 Å². The Morgan fingerprint density at radius 2 is 1.90 bits per heavy atom. The van der Waals surface area contributed by atoms with Crippen molar-refractivity contribution in [1.29, 1.82) is 0 Å². The average molecular weight is 423 g/mol. The first-order valence-electron chi connectivity index (χ1n) is 9.73. The van der Waals surface area contributed by atoms with Gasteiger partial charge in [-0.3, -0.25) is 14.5 Å². The number of alkyl halides is 3. The van der Waals surface area contributed by atoms with Crippen LogP contribution in [0.2, 0.25) is 0 Å². The van der Waals surface area contributed by atoms with Gasteiger partial charge in [0.1, 0.15) is 6.54 Å². The number of hydrogen-bond acceptors (Lipinski definition) is 4. The summed E-state index contributed by atoms with van der Waals surface area (Å²) in [6.07, 6.45) is 0.305. The lowest BCUT2D eigenvalue weighted by Gasteiger charge is -2.27. The van der Waals surface area contributed by atoms with E-state index in [4.69, 9.17) is 4.74 Å². The molecule has 162 valence electrons. The van der Waals surface area contributed by atoms with Gasteiger partial charge >= 0.3 is 6.18 Å². The van der Waals surface area contributed by atoms with Gasteiger partial charge in [0.2, 0.25) is 11.3 Å². The van der Waals surface area contributed by atoms with Crippen molar-refractivity contribution in [2.24, 2.45) is 0 Å². The van der Waals surface area contributed by atoms with Crippen molar-refractivity contribution in [2.75, 3.05) is 25.5 Å². The Bertz CT molecular complexity index is 950. The molecular weight excluding hydrogens is 399 g/mol. The van der Waals surface area contributed by atoms with Crippen molar-refractivity contribution < 1.29 is 22.7 Å². The van der Waals surface area contributed by atoms with Gasteiger partial charge in [0.25, 0.3) is 0 Å². The van der Waals surface area contributed by atoms with Crippen LogP contribution in [0.3, 0.4) is 0 Å². The van der Waals surface area contributed by atoms with Crippen molar-refractivity contribution in [3.63, 3.8) is 0 Å². The Balaban J connectivity index is 1.78. The lowest BCUT2D eigenvalue weighted by molar-refractivity contribution is -0.137. The molecule has 0 spiro atoms. The number of aromatic nitrogens is 1. The number of ether oxygens (including phenoxy) is 1. The molecule has 1 amide bonds. The molecule has 1 aromatic heterocycles. The number of amides is 1. The molecule has 1 saturated heterocycles. The van der Waals surface area contributed by atoms with E-state index in [-0.39, 0.29) is 23.4 Å². The number of halogens is 3. The number of benzene rings is 1. The molecule has 0 atom stereocenters. The predicted molar refractivity (Wildman–Crippen MR) is 106 cm³/mol. The second-order valence-electron chi connectivity index (χ2n) is 7.29. The molecule has 1 fully saturated rings. The van der Waals surface area contributed by atoms with Crippen LogP contribution in [-0.4, -0.2) is 35.6 Å². The minimum Gasteiger partial charge on any atom is -0.491 e. The summed E-state index contributed by atoms with van der Waals surface area (Å²) >= 11 is 0. The predicted octanol–water partition coefficient (Wildman–Crippen LogP) is 3.50. The zero-order valence-electron chi connectivity index (χ0n) is 16.7. The fourth-order valence-corrected chi connectivity index (χ4v) is 3.51. The van der Waals surface area contributed by atoms with Crippen molar-refractivity contribution >= 4 is 11.6 Å². The molecule has 1 aromatic carbocycles. The third-order valence-corrected chi connectivity index (χ3v) is 5.02. The van der Waals surface area contributed by atoms with E-state index in [9.17, 15) is 22.8 Å². The topological polar surface area (TPSA) is 63.6 Å². The summed E-state index contributed by atoms with van der Waals surface area (Å²) in [5.74, 6) is -0.399. The quantitative estimate of drug-likeness (QED) is 0.773. The number of piperidine rings is 1. The van der Waals surface area contributed by atoms with Gasteiger partial charge in [-0.15, -0.1) is 0 Å². The van der Waals surface area contributed by atoms with E-state index in [0.29, 0.717) is 12.2 Å². The molecule has 0 unspecified atom stereocenters. The Labute approximate surface area is 172 Å². The molecule has 30 heavy (non-hydrogen) atoms. The number of rotatable bonds is 6. The molecular formula is C21H24F3N3O3. The molecule has 0 radical (unpaired) electrons. The minimum atomic E-state index is -4.49. The highest BCUT2D eigenvalue weighted by Crippen LogP contribution is 2.30. The SMILES string of the molecule is COc1cn(CC(=O)Nc2cccc(C(F)(F)F)c2)c(CN2CCCCC2)cc1=O. The summed E-state index contributed by atoms with van der Waals surface area (Å²) in [5, 5.41) is 2.49. The van der Waals surface area contributed by atoms with Crippen LogP contribution >= 0.6 is 0 Å². The fourth-order valence-electron chi connectivity index (χ4n) is 3.51. The first-order chi connectivity index (χ1) is 14.3. The number of carbonyl (C=O) groups excluding carboxylic acids is 1. The van der Waals surface area contributed by atoms with Crippen LogP contribution in [0, 0.1) is 0 Å². The largest absolute Gasteiger partial charge is 0.491 e. The van der Waals surface area contributed by atoms with Crippen LogP contribution < -0.4 is 15.5 Å². The number of nitrogens with one attached hydrogen (secondary N) is 1. The average Bonchev–Trinajstić information content (AvgIpc) is 2.70. The van der Waals surface area contributed by atoms with Gasteiger partial charge in [0.05, 0.1) is 18.9 Å². The maximum absolute atomic E-state index is 12.9. The lowest BCUT2D eigenvalue weighted by atomic mass is 10.1. The number of carbonyl (C=O) groups is 1. The van der Waals surface area contributed by atoms with Crippen LogP contribution in [0.4, 0.5) is 18.9 Å². The summed E-state index contributed by atoms with van der Waals surface area (Å²) in [6.45, 7) is 2.18. The highest BCUT2D eigenvalue weighted by molar-refractivity contribution is 5.90. The summed E-state index contributed by atoms with van der Waals surface area (Å²) < 4.78 is 45.3. The highest BCUT2D eigenvalue weighted by Gasteiger charge is 2.30. The van der Waals surface area contributed by atoms with E-state index >= 15 is 0 Å².